The highest BCUT2D eigenvalue weighted by Crippen LogP contribution is 2.32. The van der Waals surface area contributed by atoms with E-state index in [4.69, 9.17) is 9.47 Å². The van der Waals surface area contributed by atoms with Gasteiger partial charge >= 0.3 is 0 Å². The second-order valence-corrected chi connectivity index (χ2v) is 7.18. The summed E-state index contributed by atoms with van der Waals surface area (Å²) in [6.07, 6.45) is 0. The lowest BCUT2D eigenvalue weighted by atomic mass is 10.1. The largest absolute Gasteiger partial charge is 0.496 e. The molecule has 25 heavy (non-hydrogen) atoms. The van der Waals surface area contributed by atoms with Gasteiger partial charge in [-0.1, -0.05) is 69.2 Å². The fourth-order valence-corrected chi connectivity index (χ4v) is 4.74. The highest BCUT2D eigenvalue weighted by molar-refractivity contribution is 7.56. The number of rotatable bonds is 4. The van der Waals surface area contributed by atoms with Crippen molar-refractivity contribution in [3.8, 4) is 11.5 Å². The van der Waals surface area contributed by atoms with E-state index < -0.39 is 0 Å². The molecule has 124 valence electrons. The summed E-state index contributed by atoms with van der Waals surface area (Å²) in [4.78, 5) is 0. The predicted octanol–water partition coefficient (Wildman–Crippen LogP) is 4.64. The van der Waals surface area contributed by atoms with E-state index in [1.807, 2.05) is 24.3 Å². The first-order valence-corrected chi connectivity index (χ1v) is 9.20. The van der Waals surface area contributed by atoms with Crippen molar-refractivity contribution >= 4 is 40.7 Å². The molecule has 3 heteroatoms. The highest BCUT2D eigenvalue weighted by Gasteiger charge is 2.11. The first kappa shape index (κ1) is 15.9. The maximum atomic E-state index is 5.62. The number of fused-ring (bicyclic) bond motifs is 2. The number of hydrogen-bond acceptors (Lipinski definition) is 2. The molecule has 2 nitrogen and oxygen atoms in total. The molecule has 0 spiro atoms. The maximum absolute atomic E-state index is 5.62. The molecule has 0 fully saturated rings. The minimum absolute atomic E-state index is 0.523. The lowest BCUT2D eigenvalue weighted by Gasteiger charge is -2.14. The topological polar surface area (TPSA) is 18.5 Å². The molecule has 0 atom stereocenters. The molecule has 0 radical (unpaired) electrons. The van der Waals surface area contributed by atoms with E-state index in [0.717, 1.165) is 11.5 Å². The van der Waals surface area contributed by atoms with Crippen molar-refractivity contribution in [3.05, 3.63) is 72.8 Å². The second kappa shape index (κ2) is 6.74. The van der Waals surface area contributed by atoms with Crippen LogP contribution in [0.3, 0.4) is 0 Å². The quantitative estimate of drug-likeness (QED) is 0.501. The minimum atomic E-state index is 0.523. The summed E-state index contributed by atoms with van der Waals surface area (Å²) < 4.78 is 11.2. The van der Waals surface area contributed by atoms with Gasteiger partial charge in [0.25, 0.3) is 0 Å². The molecule has 0 saturated heterocycles. The number of methoxy groups -OCH3 is 2. The fraction of sp³-hybridized carbons (Fsp3) is 0.0909. The van der Waals surface area contributed by atoms with Crippen molar-refractivity contribution in [2.75, 3.05) is 14.2 Å². The average Bonchev–Trinajstić information content (AvgIpc) is 2.67. The van der Waals surface area contributed by atoms with Crippen LogP contribution in [-0.4, -0.2) is 14.2 Å². The summed E-state index contributed by atoms with van der Waals surface area (Å²) in [5.74, 6) is 1.85. The Balaban J connectivity index is 1.92. The zero-order chi connectivity index (χ0) is 17.2. The van der Waals surface area contributed by atoms with E-state index in [1.54, 1.807) is 14.2 Å². The Morgan fingerprint density at radius 3 is 1.36 bits per heavy atom. The lowest BCUT2D eigenvalue weighted by molar-refractivity contribution is 0.420. The molecular formula is C22H19O2P. The van der Waals surface area contributed by atoms with Crippen molar-refractivity contribution in [3.63, 3.8) is 0 Å². The van der Waals surface area contributed by atoms with E-state index in [2.05, 4.69) is 48.5 Å². The fourth-order valence-electron chi connectivity index (χ4n) is 3.31. The van der Waals surface area contributed by atoms with Crippen molar-refractivity contribution in [1.82, 2.24) is 0 Å². The van der Waals surface area contributed by atoms with Crippen LogP contribution in [0.4, 0.5) is 0 Å². The smallest absolute Gasteiger partial charge is 0.127 e. The van der Waals surface area contributed by atoms with Gasteiger partial charge in [-0.15, -0.1) is 0 Å². The van der Waals surface area contributed by atoms with Gasteiger partial charge in [-0.25, -0.2) is 0 Å². The molecule has 0 aliphatic heterocycles. The van der Waals surface area contributed by atoms with E-state index in [-0.39, 0.29) is 0 Å². The highest BCUT2D eigenvalue weighted by atomic mass is 31.1. The van der Waals surface area contributed by atoms with E-state index in [9.17, 15) is 0 Å². The van der Waals surface area contributed by atoms with Crippen LogP contribution in [0, 0.1) is 0 Å². The summed E-state index contributed by atoms with van der Waals surface area (Å²) in [6.45, 7) is 0. The van der Waals surface area contributed by atoms with Crippen LogP contribution >= 0.6 is 8.58 Å². The summed E-state index contributed by atoms with van der Waals surface area (Å²) >= 11 is 0. The van der Waals surface area contributed by atoms with Crippen LogP contribution in [-0.2, 0) is 0 Å². The molecule has 4 aromatic carbocycles. The van der Waals surface area contributed by atoms with Crippen molar-refractivity contribution in [2.45, 2.75) is 0 Å². The molecule has 0 aliphatic carbocycles. The van der Waals surface area contributed by atoms with Gasteiger partial charge in [0, 0.05) is 10.8 Å². The summed E-state index contributed by atoms with van der Waals surface area (Å²) in [5, 5.41) is 7.37. The van der Waals surface area contributed by atoms with Gasteiger partial charge in [0.05, 0.1) is 14.2 Å². The van der Waals surface area contributed by atoms with Crippen molar-refractivity contribution < 1.29 is 9.47 Å². The second-order valence-electron chi connectivity index (χ2n) is 5.85. The standard InChI is InChI=1S/C22H19O2P/c1-23-17-11-3-7-15-9-5-13-19(21(15)17)25-20-14-6-10-16-8-4-12-18(24-2)22(16)20/h3-14,25H,1-2H3. The molecule has 4 aromatic rings. The number of benzene rings is 4. The van der Waals surface area contributed by atoms with E-state index in [1.165, 1.54) is 32.2 Å². The zero-order valence-corrected chi connectivity index (χ0v) is 15.2. The van der Waals surface area contributed by atoms with Crippen LogP contribution in [0.1, 0.15) is 0 Å². The third-order valence-corrected chi connectivity index (χ3v) is 5.81. The Bertz CT molecular complexity index is 960. The average molecular weight is 346 g/mol. The molecule has 0 unspecified atom stereocenters. The van der Waals surface area contributed by atoms with Gasteiger partial charge in [-0.3, -0.25) is 0 Å². The number of ether oxygens (including phenoxy) is 2. The van der Waals surface area contributed by atoms with E-state index in [0.29, 0.717) is 8.58 Å². The molecule has 0 bridgehead atoms. The molecule has 0 amide bonds. The maximum Gasteiger partial charge on any atom is 0.127 e. The van der Waals surface area contributed by atoms with Crippen LogP contribution < -0.4 is 20.1 Å². The van der Waals surface area contributed by atoms with Gasteiger partial charge in [0.2, 0.25) is 0 Å². The van der Waals surface area contributed by atoms with Gasteiger partial charge in [-0.2, -0.15) is 0 Å². The molecule has 0 saturated carbocycles. The van der Waals surface area contributed by atoms with Gasteiger partial charge in [-0.05, 0) is 33.5 Å². The molecule has 0 aromatic heterocycles. The Morgan fingerprint density at radius 1 is 0.560 bits per heavy atom. The van der Waals surface area contributed by atoms with Crippen LogP contribution in [0.25, 0.3) is 21.5 Å². The number of hydrogen-bond donors (Lipinski definition) is 0. The third kappa shape index (κ3) is 2.83. The first-order valence-electron chi connectivity index (χ1n) is 8.20. The predicted molar refractivity (Wildman–Crippen MR) is 109 cm³/mol. The Hall–Kier alpha value is -2.57. The monoisotopic (exact) mass is 346 g/mol. The molecule has 0 aliphatic rings. The Morgan fingerprint density at radius 2 is 0.960 bits per heavy atom. The molecule has 4 rings (SSSR count). The van der Waals surface area contributed by atoms with Gasteiger partial charge in [0.15, 0.2) is 0 Å². The van der Waals surface area contributed by atoms with Crippen LogP contribution in [0.15, 0.2) is 72.8 Å². The lowest BCUT2D eigenvalue weighted by Crippen LogP contribution is -2.07. The molecule has 0 N–H and O–H groups in total. The Kier molecular flexibility index (Phi) is 4.29. The summed E-state index contributed by atoms with van der Waals surface area (Å²) in [7, 11) is 3.99. The molecule has 0 heterocycles. The third-order valence-electron chi connectivity index (χ3n) is 4.44. The first-order chi connectivity index (χ1) is 12.3. The van der Waals surface area contributed by atoms with Gasteiger partial charge in [0.1, 0.15) is 11.5 Å². The van der Waals surface area contributed by atoms with E-state index >= 15 is 0 Å². The van der Waals surface area contributed by atoms with Crippen LogP contribution in [0.5, 0.6) is 11.5 Å². The van der Waals surface area contributed by atoms with Crippen molar-refractivity contribution in [1.29, 1.82) is 0 Å². The van der Waals surface area contributed by atoms with Crippen molar-refractivity contribution in [2.24, 2.45) is 0 Å². The minimum Gasteiger partial charge on any atom is -0.496 e. The summed E-state index contributed by atoms with van der Waals surface area (Å²) in [5.41, 5.74) is 0. The SMILES string of the molecule is COc1cccc2cccc(Pc3cccc4cccc(OC)c34)c12. The molecular weight excluding hydrogens is 327 g/mol. The summed E-state index contributed by atoms with van der Waals surface area (Å²) in [6, 6.07) is 25.3. The van der Waals surface area contributed by atoms with Crippen LogP contribution in [0.2, 0.25) is 0 Å². The normalized spacial score (nSPS) is 11.0. The zero-order valence-electron chi connectivity index (χ0n) is 14.2. The Labute approximate surface area is 149 Å². The van der Waals surface area contributed by atoms with Gasteiger partial charge < -0.3 is 9.47 Å².